The standard InChI is InChI=1S/C15H16N2O5/c16-13(18)7-1-3-8(4-2-7)17-14(19)11-9-5-6-10(22-9)12(11)15(20)21/h1-4,9-12H,5-6H2,(H2,16,18)(H,17,19)(H,20,21)/t9-,10+,11-,12+/m1/s1. The van der Waals surface area contributed by atoms with Crippen molar-refractivity contribution in [2.75, 3.05) is 5.32 Å². The van der Waals surface area contributed by atoms with Gasteiger partial charge in [-0.1, -0.05) is 0 Å². The van der Waals surface area contributed by atoms with E-state index in [9.17, 15) is 19.5 Å². The van der Waals surface area contributed by atoms with Crippen molar-refractivity contribution in [1.29, 1.82) is 0 Å². The molecule has 0 saturated carbocycles. The molecule has 1 aromatic rings. The Hall–Kier alpha value is -2.41. The highest BCUT2D eigenvalue weighted by Crippen LogP contribution is 2.44. The molecule has 7 nitrogen and oxygen atoms in total. The number of ether oxygens (including phenoxy) is 1. The quantitative estimate of drug-likeness (QED) is 0.752. The number of hydrogen-bond acceptors (Lipinski definition) is 4. The lowest BCUT2D eigenvalue weighted by molar-refractivity contribution is -0.147. The van der Waals surface area contributed by atoms with Crippen LogP contribution in [0.5, 0.6) is 0 Å². The fraction of sp³-hybridized carbons (Fsp3) is 0.400. The molecule has 2 aliphatic heterocycles. The molecule has 2 heterocycles. The van der Waals surface area contributed by atoms with Gasteiger partial charge in [0.25, 0.3) is 0 Å². The lowest BCUT2D eigenvalue weighted by Crippen LogP contribution is -2.40. The van der Waals surface area contributed by atoms with Crippen LogP contribution in [0, 0.1) is 11.8 Å². The van der Waals surface area contributed by atoms with Crippen LogP contribution in [0.4, 0.5) is 5.69 Å². The van der Waals surface area contributed by atoms with Crippen LogP contribution in [-0.4, -0.2) is 35.1 Å². The molecule has 4 N–H and O–H groups in total. The first-order valence-corrected chi connectivity index (χ1v) is 7.06. The number of fused-ring (bicyclic) bond motifs is 2. The Balaban J connectivity index is 1.73. The summed E-state index contributed by atoms with van der Waals surface area (Å²) in [4.78, 5) is 34.8. The lowest BCUT2D eigenvalue weighted by atomic mass is 9.78. The second-order valence-electron chi connectivity index (χ2n) is 5.61. The van der Waals surface area contributed by atoms with Crippen molar-refractivity contribution in [3.05, 3.63) is 29.8 Å². The number of carboxylic acid groups (broad SMARTS) is 1. The summed E-state index contributed by atoms with van der Waals surface area (Å²) in [5, 5.41) is 12.0. The van der Waals surface area contributed by atoms with E-state index in [0.29, 0.717) is 24.1 Å². The number of primary amides is 1. The van der Waals surface area contributed by atoms with Crippen LogP contribution >= 0.6 is 0 Å². The summed E-state index contributed by atoms with van der Waals surface area (Å²) in [6, 6.07) is 6.12. The number of carboxylic acids is 1. The zero-order valence-electron chi connectivity index (χ0n) is 11.7. The highest BCUT2D eigenvalue weighted by molar-refractivity contribution is 5.97. The molecule has 1 aromatic carbocycles. The number of nitrogens with two attached hydrogens (primary N) is 1. The number of amides is 2. The zero-order valence-corrected chi connectivity index (χ0v) is 11.7. The van der Waals surface area contributed by atoms with Gasteiger partial charge in [0, 0.05) is 11.3 Å². The van der Waals surface area contributed by atoms with E-state index in [1.165, 1.54) is 12.1 Å². The molecule has 0 unspecified atom stereocenters. The van der Waals surface area contributed by atoms with Crippen molar-refractivity contribution in [2.45, 2.75) is 25.0 Å². The van der Waals surface area contributed by atoms with Gasteiger partial charge in [0.05, 0.1) is 24.0 Å². The minimum Gasteiger partial charge on any atom is -0.481 e. The van der Waals surface area contributed by atoms with Crippen molar-refractivity contribution in [1.82, 2.24) is 0 Å². The minimum absolute atomic E-state index is 0.337. The molecule has 2 bridgehead atoms. The molecular weight excluding hydrogens is 288 g/mol. The van der Waals surface area contributed by atoms with E-state index in [-0.39, 0.29) is 18.1 Å². The van der Waals surface area contributed by atoms with E-state index >= 15 is 0 Å². The number of carbonyl (C=O) groups is 3. The number of benzene rings is 1. The van der Waals surface area contributed by atoms with Gasteiger partial charge in [-0.25, -0.2) is 0 Å². The van der Waals surface area contributed by atoms with Crippen LogP contribution in [-0.2, 0) is 14.3 Å². The number of aliphatic carboxylic acids is 1. The Morgan fingerprint density at radius 1 is 1.09 bits per heavy atom. The molecule has 0 aliphatic carbocycles. The molecule has 7 heteroatoms. The maximum absolute atomic E-state index is 12.4. The van der Waals surface area contributed by atoms with Crippen LogP contribution in [0.2, 0.25) is 0 Å². The Kier molecular flexibility index (Phi) is 3.58. The summed E-state index contributed by atoms with van der Waals surface area (Å²) in [7, 11) is 0. The normalized spacial score (nSPS) is 29.3. The van der Waals surface area contributed by atoms with E-state index in [1.807, 2.05) is 0 Å². The molecule has 0 radical (unpaired) electrons. The van der Waals surface area contributed by atoms with Crippen molar-refractivity contribution < 1.29 is 24.2 Å². The summed E-state index contributed by atoms with van der Waals surface area (Å²) in [6.07, 6.45) is 0.665. The number of rotatable bonds is 4. The predicted octanol–water partition coefficient (Wildman–Crippen LogP) is 0.602. The van der Waals surface area contributed by atoms with Gasteiger partial charge in [0.15, 0.2) is 0 Å². The van der Waals surface area contributed by atoms with Gasteiger partial charge in [0.2, 0.25) is 11.8 Å². The topological polar surface area (TPSA) is 119 Å². The van der Waals surface area contributed by atoms with Gasteiger partial charge in [-0.05, 0) is 37.1 Å². The van der Waals surface area contributed by atoms with E-state index in [4.69, 9.17) is 10.5 Å². The number of nitrogens with one attached hydrogen (secondary N) is 1. The van der Waals surface area contributed by atoms with E-state index < -0.39 is 23.7 Å². The molecule has 0 aromatic heterocycles. The largest absolute Gasteiger partial charge is 0.481 e. The van der Waals surface area contributed by atoms with Crippen molar-refractivity contribution in [3.8, 4) is 0 Å². The van der Waals surface area contributed by atoms with Crippen LogP contribution in [0.15, 0.2) is 24.3 Å². The molecule has 2 fully saturated rings. The van der Waals surface area contributed by atoms with Gasteiger partial charge < -0.3 is 20.9 Å². The summed E-state index contributed by atoms with van der Waals surface area (Å²) in [6.45, 7) is 0. The van der Waals surface area contributed by atoms with E-state index in [2.05, 4.69) is 5.32 Å². The van der Waals surface area contributed by atoms with Crippen molar-refractivity contribution in [3.63, 3.8) is 0 Å². The molecule has 2 saturated heterocycles. The maximum atomic E-state index is 12.4. The minimum atomic E-state index is -1.00. The van der Waals surface area contributed by atoms with Crippen LogP contribution in [0.25, 0.3) is 0 Å². The van der Waals surface area contributed by atoms with Gasteiger partial charge in [0.1, 0.15) is 0 Å². The van der Waals surface area contributed by atoms with Gasteiger partial charge >= 0.3 is 5.97 Å². The Bertz CT molecular complexity index is 627. The third kappa shape index (κ3) is 2.43. The first kappa shape index (κ1) is 14.5. The second-order valence-corrected chi connectivity index (χ2v) is 5.61. The molecule has 2 amide bonds. The third-order valence-corrected chi connectivity index (χ3v) is 4.30. The smallest absolute Gasteiger partial charge is 0.310 e. The number of hydrogen-bond donors (Lipinski definition) is 3. The molecule has 0 spiro atoms. The first-order valence-electron chi connectivity index (χ1n) is 7.06. The molecule has 116 valence electrons. The molecular formula is C15H16N2O5. The highest BCUT2D eigenvalue weighted by atomic mass is 16.5. The average Bonchev–Trinajstić information content (AvgIpc) is 3.08. The Morgan fingerprint density at radius 2 is 1.68 bits per heavy atom. The van der Waals surface area contributed by atoms with Gasteiger partial charge in [-0.3, -0.25) is 14.4 Å². The van der Waals surface area contributed by atoms with Crippen molar-refractivity contribution >= 4 is 23.5 Å². The van der Waals surface area contributed by atoms with Crippen LogP contribution < -0.4 is 11.1 Å². The Morgan fingerprint density at radius 3 is 2.23 bits per heavy atom. The second kappa shape index (κ2) is 5.42. The molecule has 22 heavy (non-hydrogen) atoms. The first-order chi connectivity index (χ1) is 10.5. The summed E-state index contributed by atoms with van der Waals surface area (Å²) in [5.41, 5.74) is 5.97. The number of anilines is 1. The molecule has 3 rings (SSSR count). The van der Waals surface area contributed by atoms with Crippen LogP contribution in [0.1, 0.15) is 23.2 Å². The SMILES string of the molecule is NC(=O)c1ccc(NC(=O)[C@H]2[C@@H](C(=O)O)[C@@H]3CC[C@H]2O3)cc1. The van der Waals surface area contributed by atoms with Gasteiger partial charge in [-0.2, -0.15) is 0 Å². The number of carbonyl (C=O) groups excluding carboxylic acids is 2. The molecule has 4 atom stereocenters. The Labute approximate surface area is 126 Å². The summed E-state index contributed by atoms with van der Waals surface area (Å²) < 4.78 is 5.57. The van der Waals surface area contributed by atoms with E-state index in [0.717, 1.165) is 0 Å². The predicted molar refractivity (Wildman–Crippen MR) is 76.1 cm³/mol. The van der Waals surface area contributed by atoms with E-state index in [1.54, 1.807) is 12.1 Å². The maximum Gasteiger partial charge on any atom is 0.310 e. The average molecular weight is 304 g/mol. The fourth-order valence-electron chi connectivity index (χ4n) is 3.27. The van der Waals surface area contributed by atoms with Crippen LogP contribution in [0.3, 0.4) is 0 Å². The lowest BCUT2D eigenvalue weighted by Gasteiger charge is -2.23. The zero-order chi connectivity index (χ0) is 15.9. The summed E-state index contributed by atoms with van der Waals surface area (Å²) in [5.74, 6) is -3.41. The van der Waals surface area contributed by atoms with Crippen molar-refractivity contribution in [2.24, 2.45) is 17.6 Å². The summed E-state index contributed by atoms with van der Waals surface area (Å²) >= 11 is 0. The fourth-order valence-corrected chi connectivity index (χ4v) is 3.27. The molecule has 2 aliphatic rings. The third-order valence-electron chi connectivity index (χ3n) is 4.30. The monoisotopic (exact) mass is 304 g/mol. The van der Waals surface area contributed by atoms with Gasteiger partial charge in [-0.15, -0.1) is 0 Å². The highest BCUT2D eigenvalue weighted by Gasteiger charge is 2.55.